The van der Waals surface area contributed by atoms with Gasteiger partial charge < -0.3 is 15.4 Å². The molecule has 0 aliphatic heterocycles. The van der Waals surface area contributed by atoms with Crippen LogP contribution in [-0.2, 0) is 32.7 Å². The Morgan fingerprint density at radius 3 is 2.56 bits per heavy atom. The highest BCUT2D eigenvalue weighted by Gasteiger charge is 2.29. The molecule has 1 aliphatic carbocycles. The Morgan fingerprint density at radius 2 is 1.90 bits per heavy atom. The van der Waals surface area contributed by atoms with Crippen molar-refractivity contribution in [1.82, 2.24) is 19.7 Å². The molecule has 0 atom stereocenters. The lowest BCUT2D eigenvalue weighted by atomic mass is 9.93. The van der Waals surface area contributed by atoms with Crippen LogP contribution in [0, 0.1) is 10.1 Å². The number of amides is 1. The highest BCUT2D eigenvalue weighted by atomic mass is 16.6. The number of nitrogens with zero attached hydrogens (tertiary/aromatic N) is 5. The van der Waals surface area contributed by atoms with E-state index >= 15 is 0 Å². The number of nitro groups is 1. The van der Waals surface area contributed by atoms with Gasteiger partial charge in [-0.15, -0.1) is 0 Å². The van der Waals surface area contributed by atoms with E-state index in [0.29, 0.717) is 41.6 Å². The number of ether oxygens (including phenoxy) is 1. The van der Waals surface area contributed by atoms with E-state index in [1.807, 2.05) is 18.2 Å². The average Bonchev–Trinajstić information content (AvgIpc) is 3.30. The van der Waals surface area contributed by atoms with Crippen molar-refractivity contribution in [3.8, 4) is 17.1 Å². The van der Waals surface area contributed by atoms with Crippen LogP contribution in [0.5, 0.6) is 5.75 Å². The molecular weight excluding hydrogens is 498 g/mol. The van der Waals surface area contributed by atoms with E-state index in [2.05, 4.69) is 34.6 Å². The van der Waals surface area contributed by atoms with Crippen molar-refractivity contribution in [1.29, 1.82) is 0 Å². The van der Waals surface area contributed by atoms with E-state index in [0.717, 1.165) is 46.5 Å². The molecule has 39 heavy (non-hydrogen) atoms. The van der Waals surface area contributed by atoms with Crippen molar-refractivity contribution in [3.63, 3.8) is 0 Å². The predicted molar refractivity (Wildman–Crippen MR) is 148 cm³/mol. The first kappa shape index (κ1) is 25.8. The number of hydrogen-bond donors (Lipinski definition) is 2. The van der Waals surface area contributed by atoms with Gasteiger partial charge in [0.1, 0.15) is 5.75 Å². The third kappa shape index (κ3) is 4.78. The van der Waals surface area contributed by atoms with Crippen LogP contribution in [-0.4, -0.2) is 37.7 Å². The summed E-state index contributed by atoms with van der Waals surface area (Å²) in [6.07, 6.45) is 4.68. The molecule has 4 aromatic rings. The Balaban J connectivity index is 1.48. The fourth-order valence-electron chi connectivity index (χ4n) is 4.99. The van der Waals surface area contributed by atoms with Crippen molar-refractivity contribution >= 4 is 28.9 Å². The number of para-hydroxylation sites is 1. The quantitative estimate of drug-likeness (QED) is 0.241. The minimum absolute atomic E-state index is 0.0818. The highest BCUT2D eigenvalue weighted by Crippen LogP contribution is 2.36. The van der Waals surface area contributed by atoms with Gasteiger partial charge in [-0.3, -0.25) is 19.6 Å². The normalized spacial score (nSPS) is 11.9. The number of hydrogen-bond acceptors (Lipinski definition) is 8. The SMILES string of the molecule is CCc1cccc(CC)c1NC(=O)c1nn(C)c2c1CCc1cnc(Nc3ccc([N+](=O)[O-])cc3OC)nc1-2. The van der Waals surface area contributed by atoms with Gasteiger partial charge in [0.25, 0.3) is 11.6 Å². The third-order valence-electron chi connectivity index (χ3n) is 6.97. The summed E-state index contributed by atoms with van der Waals surface area (Å²) in [6, 6.07) is 10.4. The first-order valence-corrected chi connectivity index (χ1v) is 12.8. The number of aromatic nitrogens is 4. The molecule has 0 radical (unpaired) electrons. The van der Waals surface area contributed by atoms with E-state index in [1.54, 1.807) is 24.0 Å². The maximum absolute atomic E-state index is 13.5. The maximum Gasteiger partial charge on any atom is 0.276 e. The fourth-order valence-corrected chi connectivity index (χ4v) is 4.99. The van der Waals surface area contributed by atoms with E-state index in [4.69, 9.17) is 9.72 Å². The van der Waals surface area contributed by atoms with Crippen molar-refractivity contribution in [2.24, 2.45) is 7.05 Å². The van der Waals surface area contributed by atoms with Crippen LogP contribution < -0.4 is 15.4 Å². The summed E-state index contributed by atoms with van der Waals surface area (Å²) in [5, 5.41) is 22.0. The number of fused-ring (bicyclic) bond motifs is 3. The zero-order valence-electron chi connectivity index (χ0n) is 22.2. The Hall–Kier alpha value is -4.80. The molecule has 1 amide bonds. The molecule has 0 saturated carbocycles. The monoisotopic (exact) mass is 527 g/mol. The van der Waals surface area contributed by atoms with Crippen LogP contribution in [0.4, 0.5) is 23.0 Å². The molecule has 11 heteroatoms. The van der Waals surface area contributed by atoms with Crippen molar-refractivity contribution in [2.45, 2.75) is 39.5 Å². The van der Waals surface area contributed by atoms with Gasteiger partial charge in [0.2, 0.25) is 5.95 Å². The minimum atomic E-state index is -0.483. The number of anilines is 3. The molecule has 0 spiro atoms. The Morgan fingerprint density at radius 1 is 1.15 bits per heavy atom. The molecule has 2 aromatic heterocycles. The van der Waals surface area contributed by atoms with Crippen LogP contribution in [0.3, 0.4) is 0 Å². The molecule has 1 aliphatic rings. The van der Waals surface area contributed by atoms with Gasteiger partial charge in [0.05, 0.1) is 35.2 Å². The molecule has 0 saturated heterocycles. The maximum atomic E-state index is 13.5. The van der Waals surface area contributed by atoms with Crippen molar-refractivity contribution < 1.29 is 14.5 Å². The molecule has 0 unspecified atom stereocenters. The number of aryl methyl sites for hydroxylation is 4. The summed E-state index contributed by atoms with van der Waals surface area (Å²) in [4.78, 5) is 33.3. The van der Waals surface area contributed by atoms with Gasteiger partial charge in [-0.1, -0.05) is 32.0 Å². The lowest BCUT2D eigenvalue weighted by Gasteiger charge is -2.18. The van der Waals surface area contributed by atoms with Gasteiger partial charge in [0.15, 0.2) is 5.69 Å². The molecule has 2 N–H and O–H groups in total. The summed E-state index contributed by atoms with van der Waals surface area (Å²) < 4.78 is 7.02. The van der Waals surface area contributed by atoms with E-state index in [-0.39, 0.29) is 11.6 Å². The number of carbonyl (C=O) groups is 1. The number of nitro benzene ring substituents is 1. The summed E-state index contributed by atoms with van der Waals surface area (Å²) >= 11 is 0. The molecule has 0 bridgehead atoms. The van der Waals surface area contributed by atoms with Crippen LogP contribution >= 0.6 is 0 Å². The second-order valence-electron chi connectivity index (χ2n) is 9.25. The Labute approximate surface area is 225 Å². The predicted octanol–water partition coefficient (Wildman–Crippen LogP) is 5.01. The zero-order valence-corrected chi connectivity index (χ0v) is 22.2. The first-order valence-electron chi connectivity index (χ1n) is 12.8. The number of benzene rings is 2. The van der Waals surface area contributed by atoms with Gasteiger partial charge >= 0.3 is 0 Å². The number of rotatable bonds is 8. The topological polar surface area (TPSA) is 137 Å². The van der Waals surface area contributed by atoms with E-state index in [9.17, 15) is 14.9 Å². The number of non-ortho nitro benzene ring substituents is 1. The molecule has 2 aromatic carbocycles. The van der Waals surface area contributed by atoms with Crippen LogP contribution in [0.25, 0.3) is 11.4 Å². The van der Waals surface area contributed by atoms with Gasteiger partial charge in [-0.05, 0) is 48.4 Å². The second-order valence-corrected chi connectivity index (χ2v) is 9.25. The number of nitrogens with one attached hydrogen (secondary N) is 2. The third-order valence-corrected chi connectivity index (χ3v) is 6.97. The van der Waals surface area contributed by atoms with E-state index in [1.165, 1.54) is 19.2 Å². The lowest BCUT2D eigenvalue weighted by Crippen LogP contribution is -2.18. The molecule has 5 rings (SSSR count). The minimum Gasteiger partial charge on any atom is -0.494 e. The van der Waals surface area contributed by atoms with Gasteiger partial charge in [-0.25, -0.2) is 9.97 Å². The average molecular weight is 528 g/mol. The van der Waals surface area contributed by atoms with Crippen molar-refractivity contribution in [2.75, 3.05) is 17.7 Å². The molecule has 0 fully saturated rings. The van der Waals surface area contributed by atoms with E-state index < -0.39 is 4.92 Å². The Kier molecular flexibility index (Phi) is 6.97. The smallest absolute Gasteiger partial charge is 0.276 e. The first-order chi connectivity index (χ1) is 18.8. The zero-order chi connectivity index (χ0) is 27.7. The summed E-state index contributed by atoms with van der Waals surface area (Å²) in [5.74, 6) is 0.351. The Bertz CT molecular complexity index is 1570. The molecule has 200 valence electrons. The summed E-state index contributed by atoms with van der Waals surface area (Å²) in [5.41, 5.74) is 7.06. The van der Waals surface area contributed by atoms with Crippen LogP contribution in [0.2, 0.25) is 0 Å². The molecular formula is C28H29N7O4. The molecule has 2 heterocycles. The lowest BCUT2D eigenvalue weighted by molar-refractivity contribution is -0.384. The van der Waals surface area contributed by atoms with Crippen LogP contribution in [0.1, 0.15) is 46.6 Å². The van der Waals surface area contributed by atoms with Gasteiger partial charge in [-0.2, -0.15) is 5.10 Å². The van der Waals surface area contributed by atoms with Gasteiger partial charge in [0, 0.05) is 30.6 Å². The second kappa shape index (κ2) is 10.5. The summed E-state index contributed by atoms with van der Waals surface area (Å²) in [6.45, 7) is 4.14. The number of methoxy groups -OCH3 is 1. The molecule has 11 nitrogen and oxygen atoms in total. The standard InChI is InChI=1S/C28H29N7O4/c1-5-16-8-7-9-17(6-2)23(16)31-27(36)25-20-12-10-18-15-29-28(32-24(18)26(20)34(3)33-25)30-21-13-11-19(35(37)38)14-22(21)39-4/h7-9,11,13-15H,5-6,10,12H2,1-4H3,(H,31,36)(H,29,30,32). The van der Waals surface area contributed by atoms with Crippen molar-refractivity contribution in [3.05, 3.63) is 80.7 Å². The highest BCUT2D eigenvalue weighted by molar-refractivity contribution is 6.06. The fraction of sp³-hybridized carbons (Fsp3) is 0.286. The largest absolute Gasteiger partial charge is 0.494 e. The number of carbonyl (C=O) groups excluding carboxylic acids is 1. The summed E-state index contributed by atoms with van der Waals surface area (Å²) in [7, 11) is 3.24. The van der Waals surface area contributed by atoms with Crippen LogP contribution in [0.15, 0.2) is 42.6 Å².